The van der Waals surface area contributed by atoms with Crippen molar-refractivity contribution in [3.05, 3.63) is 76.7 Å². The number of carbonyl (C=O) groups excluding carboxylic acids is 1. The molecule has 0 atom stereocenters. The van der Waals surface area contributed by atoms with Gasteiger partial charge in [0, 0.05) is 43.3 Å². The van der Waals surface area contributed by atoms with Gasteiger partial charge in [-0.05, 0) is 42.5 Å². The Morgan fingerprint density at radius 1 is 0.939 bits per heavy atom. The number of para-hydroxylation sites is 2. The van der Waals surface area contributed by atoms with Gasteiger partial charge in [0.1, 0.15) is 18.1 Å². The number of ether oxygens (including phenoxy) is 3. The van der Waals surface area contributed by atoms with Crippen molar-refractivity contribution < 1.29 is 23.4 Å². The zero-order chi connectivity index (χ0) is 23.2. The molecule has 0 N–H and O–H groups in total. The largest absolute Gasteiger partial charge is 0.496 e. The zero-order valence-electron chi connectivity index (χ0n) is 18.8. The molecule has 4 rings (SSSR count). The van der Waals surface area contributed by atoms with Crippen molar-refractivity contribution in [1.29, 1.82) is 0 Å². The minimum Gasteiger partial charge on any atom is -0.496 e. The van der Waals surface area contributed by atoms with Gasteiger partial charge in [0.05, 0.1) is 14.2 Å². The average Bonchev–Trinajstić information content (AvgIpc) is 3.32. The molecular formula is C25H27ClN2O5. The Hall–Kier alpha value is -3.16. The van der Waals surface area contributed by atoms with Crippen molar-refractivity contribution in [2.75, 3.05) is 40.4 Å². The van der Waals surface area contributed by atoms with Gasteiger partial charge in [-0.1, -0.05) is 23.7 Å². The molecular weight excluding hydrogens is 444 g/mol. The van der Waals surface area contributed by atoms with Crippen LogP contribution in [-0.2, 0) is 13.2 Å². The Morgan fingerprint density at radius 3 is 2.39 bits per heavy atom. The monoisotopic (exact) mass is 470 g/mol. The number of benzene rings is 2. The number of furan rings is 1. The molecule has 1 saturated heterocycles. The van der Waals surface area contributed by atoms with E-state index in [1.807, 2.05) is 47.4 Å². The van der Waals surface area contributed by atoms with Crippen LogP contribution < -0.4 is 14.2 Å². The highest BCUT2D eigenvalue weighted by atomic mass is 35.5. The summed E-state index contributed by atoms with van der Waals surface area (Å²) in [4.78, 5) is 17.0. The summed E-state index contributed by atoms with van der Waals surface area (Å²) in [6.07, 6.45) is 0. The molecule has 7 nitrogen and oxygen atoms in total. The molecule has 1 fully saturated rings. The standard InChI is InChI=1S/C25H27ClN2O5/c1-30-21-9-7-19(26)15-18(21)16-27-11-13-28(14-12-27)25(29)24-10-8-20(33-24)17-32-23-6-4-3-5-22(23)31-2/h3-10,15H,11-14,16-17H2,1-2H3. The number of halogens is 1. The summed E-state index contributed by atoms with van der Waals surface area (Å²) >= 11 is 6.15. The molecule has 0 saturated carbocycles. The van der Waals surface area contributed by atoms with E-state index in [0.29, 0.717) is 41.1 Å². The van der Waals surface area contributed by atoms with Gasteiger partial charge in [-0.2, -0.15) is 0 Å². The lowest BCUT2D eigenvalue weighted by Gasteiger charge is -2.34. The zero-order valence-corrected chi connectivity index (χ0v) is 19.5. The fourth-order valence-corrected chi connectivity index (χ4v) is 4.03. The van der Waals surface area contributed by atoms with Gasteiger partial charge in [0.25, 0.3) is 5.91 Å². The van der Waals surface area contributed by atoms with E-state index in [2.05, 4.69) is 4.90 Å². The second-order valence-corrected chi connectivity index (χ2v) is 8.17. The topological polar surface area (TPSA) is 64.4 Å². The van der Waals surface area contributed by atoms with Crippen molar-refractivity contribution in [2.45, 2.75) is 13.2 Å². The van der Waals surface area contributed by atoms with Crippen LogP contribution in [0, 0.1) is 0 Å². The molecule has 0 radical (unpaired) electrons. The molecule has 1 aliphatic heterocycles. The molecule has 1 aliphatic rings. The number of piperazine rings is 1. The van der Waals surface area contributed by atoms with Crippen LogP contribution in [0.1, 0.15) is 21.9 Å². The molecule has 0 unspecified atom stereocenters. The first-order chi connectivity index (χ1) is 16.1. The van der Waals surface area contributed by atoms with E-state index >= 15 is 0 Å². The fourth-order valence-electron chi connectivity index (χ4n) is 3.83. The number of nitrogens with zero attached hydrogens (tertiary/aromatic N) is 2. The fraction of sp³-hybridized carbons (Fsp3) is 0.320. The van der Waals surface area contributed by atoms with E-state index in [0.717, 1.165) is 30.9 Å². The Bertz CT molecular complexity index is 1090. The van der Waals surface area contributed by atoms with E-state index in [-0.39, 0.29) is 12.5 Å². The van der Waals surface area contributed by atoms with E-state index < -0.39 is 0 Å². The molecule has 8 heteroatoms. The Balaban J connectivity index is 1.30. The summed E-state index contributed by atoms with van der Waals surface area (Å²) in [7, 11) is 3.25. The summed E-state index contributed by atoms with van der Waals surface area (Å²) in [6.45, 7) is 3.68. The summed E-state index contributed by atoms with van der Waals surface area (Å²) in [5.74, 6) is 2.87. The van der Waals surface area contributed by atoms with E-state index in [4.69, 9.17) is 30.2 Å². The van der Waals surface area contributed by atoms with Gasteiger partial charge in [0.15, 0.2) is 17.3 Å². The molecule has 33 heavy (non-hydrogen) atoms. The van der Waals surface area contributed by atoms with Crippen LogP contribution in [0.5, 0.6) is 17.2 Å². The Kier molecular flexibility index (Phi) is 7.42. The highest BCUT2D eigenvalue weighted by Crippen LogP contribution is 2.27. The molecule has 0 spiro atoms. The maximum absolute atomic E-state index is 12.9. The quantitative estimate of drug-likeness (QED) is 0.483. The maximum atomic E-state index is 12.9. The number of hydrogen-bond acceptors (Lipinski definition) is 6. The summed E-state index contributed by atoms with van der Waals surface area (Å²) in [5, 5.41) is 0.683. The normalized spacial score (nSPS) is 14.2. The minimum absolute atomic E-state index is 0.112. The number of amides is 1. The Morgan fingerprint density at radius 2 is 1.67 bits per heavy atom. The van der Waals surface area contributed by atoms with Crippen molar-refractivity contribution in [2.24, 2.45) is 0 Å². The lowest BCUT2D eigenvalue weighted by molar-refractivity contribution is 0.0593. The van der Waals surface area contributed by atoms with Gasteiger partial charge in [-0.3, -0.25) is 9.69 Å². The average molecular weight is 471 g/mol. The van der Waals surface area contributed by atoms with Crippen LogP contribution in [0.2, 0.25) is 5.02 Å². The van der Waals surface area contributed by atoms with Crippen molar-refractivity contribution >= 4 is 17.5 Å². The van der Waals surface area contributed by atoms with Gasteiger partial charge in [0.2, 0.25) is 0 Å². The highest BCUT2D eigenvalue weighted by Gasteiger charge is 2.25. The van der Waals surface area contributed by atoms with E-state index in [1.54, 1.807) is 26.4 Å². The summed E-state index contributed by atoms with van der Waals surface area (Å²) in [5.41, 5.74) is 1.04. The van der Waals surface area contributed by atoms with E-state index in [1.165, 1.54) is 0 Å². The van der Waals surface area contributed by atoms with Crippen molar-refractivity contribution in [1.82, 2.24) is 9.80 Å². The van der Waals surface area contributed by atoms with Crippen molar-refractivity contribution in [3.63, 3.8) is 0 Å². The van der Waals surface area contributed by atoms with Crippen molar-refractivity contribution in [3.8, 4) is 17.2 Å². The van der Waals surface area contributed by atoms with E-state index in [9.17, 15) is 4.79 Å². The molecule has 1 amide bonds. The first-order valence-electron chi connectivity index (χ1n) is 10.8. The third kappa shape index (κ3) is 5.61. The van der Waals surface area contributed by atoms with Crippen LogP contribution in [0.25, 0.3) is 0 Å². The molecule has 2 aromatic carbocycles. The lowest BCUT2D eigenvalue weighted by atomic mass is 10.1. The smallest absolute Gasteiger partial charge is 0.289 e. The third-order valence-corrected chi connectivity index (χ3v) is 5.84. The number of hydrogen-bond donors (Lipinski definition) is 0. The summed E-state index contributed by atoms with van der Waals surface area (Å²) < 4.78 is 22.3. The van der Waals surface area contributed by atoms with Gasteiger partial charge in [-0.25, -0.2) is 0 Å². The summed E-state index contributed by atoms with van der Waals surface area (Å²) in [6, 6.07) is 16.5. The van der Waals surface area contributed by atoms with Crippen LogP contribution in [0.4, 0.5) is 0 Å². The number of rotatable bonds is 8. The minimum atomic E-state index is -0.112. The SMILES string of the molecule is COc1ccc(Cl)cc1CN1CCN(C(=O)c2ccc(COc3ccccc3OC)o2)CC1. The third-order valence-electron chi connectivity index (χ3n) is 5.61. The predicted molar refractivity (Wildman–Crippen MR) is 125 cm³/mol. The number of carbonyl (C=O) groups is 1. The second kappa shape index (κ2) is 10.6. The molecule has 0 bridgehead atoms. The molecule has 1 aromatic heterocycles. The predicted octanol–water partition coefficient (Wildman–Crippen LogP) is 4.49. The molecule has 174 valence electrons. The highest BCUT2D eigenvalue weighted by molar-refractivity contribution is 6.30. The first-order valence-corrected chi connectivity index (χ1v) is 11.1. The number of methoxy groups -OCH3 is 2. The van der Waals surface area contributed by atoms with Crippen LogP contribution in [-0.4, -0.2) is 56.1 Å². The van der Waals surface area contributed by atoms with Crippen LogP contribution >= 0.6 is 11.6 Å². The lowest BCUT2D eigenvalue weighted by Crippen LogP contribution is -2.48. The first kappa shape index (κ1) is 23.0. The van der Waals surface area contributed by atoms with Crippen LogP contribution in [0.3, 0.4) is 0 Å². The van der Waals surface area contributed by atoms with Gasteiger partial charge in [-0.15, -0.1) is 0 Å². The van der Waals surface area contributed by atoms with Gasteiger partial charge >= 0.3 is 0 Å². The Labute approximate surface area is 198 Å². The molecule has 3 aromatic rings. The molecule has 0 aliphatic carbocycles. The maximum Gasteiger partial charge on any atom is 0.289 e. The second-order valence-electron chi connectivity index (χ2n) is 7.73. The molecule has 2 heterocycles. The van der Waals surface area contributed by atoms with Crippen LogP contribution in [0.15, 0.2) is 59.0 Å². The van der Waals surface area contributed by atoms with Gasteiger partial charge < -0.3 is 23.5 Å².